The number of hydrogen-bond acceptors (Lipinski definition) is 5. The summed E-state index contributed by atoms with van der Waals surface area (Å²) in [6, 6.07) is 47.9. The van der Waals surface area contributed by atoms with Crippen LogP contribution in [0.3, 0.4) is 0 Å². The van der Waals surface area contributed by atoms with Gasteiger partial charge in [0.25, 0.3) is 0 Å². The Morgan fingerprint density at radius 1 is 0.500 bits per heavy atom. The van der Waals surface area contributed by atoms with Gasteiger partial charge in [0.2, 0.25) is 0 Å². The van der Waals surface area contributed by atoms with E-state index in [2.05, 4.69) is 17.0 Å². The van der Waals surface area contributed by atoms with Crippen LogP contribution in [0.25, 0.3) is 33.6 Å². The molecule has 0 unspecified atom stereocenters. The Bertz CT molecular complexity index is 1900. The van der Waals surface area contributed by atoms with E-state index in [4.69, 9.17) is 9.72 Å². The molecule has 5 heteroatoms. The average molecular weight is 539 g/mol. The van der Waals surface area contributed by atoms with Gasteiger partial charge in [-0.25, -0.2) is 4.98 Å². The number of benzene rings is 5. The Balaban J connectivity index is 1.43. The lowest BCUT2D eigenvalue weighted by Gasteiger charge is -2.32. The molecule has 5 nitrogen and oxygen atoms in total. The first-order valence-corrected chi connectivity index (χ1v) is 13.5. The highest BCUT2D eigenvalue weighted by atomic mass is 16.5. The van der Waals surface area contributed by atoms with Crippen molar-refractivity contribution in [2.75, 3.05) is 4.90 Å². The summed E-state index contributed by atoms with van der Waals surface area (Å²) in [7, 11) is 0. The predicted molar refractivity (Wildman–Crippen MR) is 165 cm³/mol. The maximum absolute atomic E-state index is 10.5. The minimum absolute atomic E-state index is 0.368. The predicted octanol–water partition coefficient (Wildman–Crippen LogP) is 9.40. The molecule has 0 bridgehead atoms. The first-order chi connectivity index (χ1) is 20.8. The number of anilines is 3. The fraction of sp³-hybridized carbons (Fsp3) is 0. The van der Waals surface area contributed by atoms with E-state index in [0.717, 1.165) is 45.3 Å². The highest BCUT2D eigenvalue weighted by molar-refractivity contribution is 5.91. The lowest BCUT2D eigenvalue weighted by atomic mass is 9.89. The lowest BCUT2D eigenvalue weighted by molar-refractivity contribution is 0.477. The van der Waals surface area contributed by atoms with Gasteiger partial charge in [-0.05, 0) is 42.0 Å². The molecule has 0 saturated carbocycles. The van der Waals surface area contributed by atoms with E-state index < -0.39 is 0 Å². The second kappa shape index (κ2) is 10.4. The number of rotatable bonds is 4. The molecule has 0 fully saturated rings. The summed E-state index contributed by atoms with van der Waals surface area (Å²) in [5.74, 6) is 1.54. The molecule has 42 heavy (non-hydrogen) atoms. The van der Waals surface area contributed by atoms with Crippen LogP contribution in [-0.4, -0.2) is 4.98 Å². The number of para-hydroxylation sites is 4. The van der Waals surface area contributed by atoms with Crippen LogP contribution in [0.5, 0.6) is 11.5 Å². The molecule has 196 valence electrons. The molecule has 1 aliphatic heterocycles. The van der Waals surface area contributed by atoms with E-state index in [0.29, 0.717) is 28.1 Å². The second-order valence-electron chi connectivity index (χ2n) is 9.81. The maximum atomic E-state index is 10.5. The zero-order valence-corrected chi connectivity index (χ0v) is 22.4. The fourth-order valence-electron chi connectivity index (χ4n) is 5.46. The number of aromatic nitrogens is 1. The van der Waals surface area contributed by atoms with Gasteiger partial charge in [0.15, 0.2) is 11.5 Å². The SMILES string of the molecule is N#Cc1c(-c2ccccc2)nc(-c2ccccc2)c(C#N)c1-c1ccc(N2c3ccccc3Oc3ccccc32)cc1. The lowest BCUT2D eigenvalue weighted by Crippen LogP contribution is -2.15. The number of pyridine rings is 1. The van der Waals surface area contributed by atoms with Crippen molar-refractivity contribution in [3.05, 3.63) is 145 Å². The molecule has 0 saturated heterocycles. The van der Waals surface area contributed by atoms with Gasteiger partial charge in [-0.3, -0.25) is 0 Å². The van der Waals surface area contributed by atoms with Crippen molar-refractivity contribution in [1.29, 1.82) is 10.5 Å². The number of hydrogen-bond donors (Lipinski definition) is 0. The molecule has 1 aromatic heterocycles. The maximum Gasteiger partial charge on any atom is 0.151 e. The largest absolute Gasteiger partial charge is 0.453 e. The third-order valence-electron chi connectivity index (χ3n) is 7.36. The molecule has 0 N–H and O–H groups in total. The molecule has 0 amide bonds. The second-order valence-corrected chi connectivity index (χ2v) is 9.81. The van der Waals surface area contributed by atoms with Gasteiger partial charge < -0.3 is 9.64 Å². The van der Waals surface area contributed by atoms with Crippen molar-refractivity contribution in [1.82, 2.24) is 4.98 Å². The third-order valence-corrected chi connectivity index (χ3v) is 7.36. The van der Waals surface area contributed by atoms with Crippen LogP contribution in [0.1, 0.15) is 11.1 Å². The third kappa shape index (κ3) is 4.14. The van der Waals surface area contributed by atoms with Crippen LogP contribution in [-0.2, 0) is 0 Å². The van der Waals surface area contributed by atoms with Crippen molar-refractivity contribution < 1.29 is 4.74 Å². The van der Waals surface area contributed by atoms with Crippen LogP contribution < -0.4 is 9.64 Å². The van der Waals surface area contributed by atoms with Crippen LogP contribution in [0.4, 0.5) is 17.1 Å². The van der Waals surface area contributed by atoms with Crippen molar-refractivity contribution in [3.63, 3.8) is 0 Å². The molecule has 5 aromatic carbocycles. The Kier molecular flexibility index (Phi) is 6.17. The number of ether oxygens (including phenoxy) is 1. The summed E-state index contributed by atoms with van der Waals surface area (Å²) in [5, 5.41) is 20.9. The van der Waals surface area contributed by atoms with Crippen LogP contribution in [0, 0.1) is 22.7 Å². The first kappa shape index (κ1) is 24.8. The molecular formula is C37H22N4O. The summed E-state index contributed by atoms with van der Waals surface area (Å²) < 4.78 is 6.17. The number of fused-ring (bicyclic) bond motifs is 2. The Labute approximate surface area is 243 Å². The van der Waals surface area contributed by atoms with E-state index in [-0.39, 0.29) is 0 Å². The van der Waals surface area contributed by atoms with Gasteiger partial charge in [0, 0.05) is 22.4 Å². The quantitative estimate of drug-likeness (QED) is 0.223. The smallest absolute Gasteiger partial charge is 0.151 e. The minimum Gasteiger partial charge on any atom is -0.453 e. The normalized spacial score (nSPS) is 11.4. The summed E-state index contributed by atoms with van der Waals surface area (Å²) in [6.07, 6.45) is 0. The molecule has 1 aliphatic rings. The highest BCUT2D eigenvalue weighted by Crippen LogP contribution is 2.50. The van der Waals surface area contributed by atoms with Crippen LogP contribution in [0.15, 0.2) is 133 Å². The van der Waals surface area contributed by atoms with Gasteiger partial charge in [-0.2, -0.15) is 10.5 Å². The standard InChI is InChI=1S/C37H22N4O/c38-23-29-35(30(24-39)37(27-13-5-2-6-14-27)40-36(29)26-11-3-1-4-12-26)25-19-21-28(22-20-25)41-31-15-7-9-17-33(31)42-34-18-10-8-16-32(34)41/h1-22H. The molecule has 6 aromatic rings. The Hall–Kier alpha value is -6.17. The van der Waals surface area contributed by atoms with E-state index in [1.165, 1.54) is 0 Å². The summed E-state index contributed by atoms with van der Waals surface area (Å²) in [5.41, 5.74) is 7.59. The summed E-state index contributed by atoms with van der Waals surface area (Å²) >= 11 is 0. The average Bonchev–Trinajstić information content (AvgIpc) is 3.07. The first-order valence-electron chi connectivity index (χ1n) is 13.5. The zero-order valence-electron chi connectivity index (χ0n) is 22.4. The van der Waals surface area contributed by atoms with E-state index in [1.807, 2.05) is 133 Å². The van der Waals surface area contributed by atoms with E-state index in [1.54, 1.807) is 0 Å². The van der Waals surface area contributed by atoms with Crippen LogP contribution >= 0.6 is 0 Å². The van der Waals surface area contributed by atoms with Gasteiger partial charge in [0.05, 0.1) is 33.9 Å². The van der Waals surface area contributed by atoms with Crippen molar-refractivity contribution in [2.45, 2.75) is 0 Å². The molecule has 0 radical (unpaired) electrons. The molecular weight excluding hydrogens is 516 g/mol. The van der Waals surface area contributed by atoms with Gasteiger partial charge in [-0.15, -0.1) is 0 Å². The van der Waals surface area contributed by atoms with Crippen LogP contribution in [0.2, 0.25) is 0 Å². The molecule has 0 spiro atoms. The highest BCUT2D eigenvalue weighted by Gasteiger charge is 2.26. The molecule has 0 aliphatic carbocycles. The zero-order chi connectivity index (χ0) is 28.5. The monoisotopic (exact) mass is 538 g/mol. The topological polar surface area (TPSA) is 72.9 Å². The summed E-state index contributed by atoms with van der Waals surface area (Å²) in [6.45, 7) is 0. The van der Waals surface area contributed by atoms with Crippen molar-refractivity contribution in [2.24, 2.45) is 0 Å². The van der Waals surface area contributed by atoms with Gasteiger partial charge >= 0.3 is 0 Å². The molecule has 2 heterocycles. The molecule has 0 atom stereocenters. The summed E-state index contributed by atoms with van der Waals surface area (Å²) in [4.78, 5) is 7.07. The minimum atomic E-state index is 0.368. The van der Waals surface area contributed by atoms with E-state index >= 15 is 0 Å². The number of nitriles is 2. The van der Waals surface area contributed by atoms with E-state index in [9.17, 15) is 10.5 Å². The Morgan fingerprint density at radius 2 is 0.952 bits per heavy atom. The van der Waals surface area contributed by atoms with Crippen molar-refractivity contribution in [3.8, 4) is 57.3 Å². The van der Waals surface area contributed by atoms with Gasteiger partial charge in [0.1, 0.15) is 12.1 Å². The fourth-order valence-corrected chi connectivity index (χ4v) is 5.46. The van der Waals surface area contributed by atoms with Crippen molar-refractivity contribution >= 4 is 17.1 Å². The van der Waals surface area contributed by atoms with Gasteiger partial charge in [-0.1, -0.05) is 97.1 Å². The Morgan fingerprint density at radius 3 is 1.43 bits per heavy atom. The molecule has 7 rings (SSSR count). The number of nitrogens with zero attached hydrogens (tertiary/aromatic N) is 4.